The van der Waals surface area contributed by atoms with E-state index in [1.54, 1.807) is 42.5 Å². The first kappa shape index (κ1) is 19.7. The van der Waals surface area contributed by atoms with Crippen LogP contribution in [-0.4, -0.2) is 21.1 Å². The van der Waals surface area contributed by atoms with Gasteiger partial charge in [0.05, 0.1) is 11.3 Å². The first-order valence-electron chi connectivity index (χ1n) is 8.96. The average molecular weight is 428 g/mol. The van der Waals surface area contributed by atoms with E-state index >= 15 is 0 Å². The Balaban J connectivity index is 1.37. The third-order valence-corrected chi connectivity index (χ3v) is 5.75. The van der Waals surface area contributed by atoms with Crippen LogP contribution >= 0.6 is 0 Å². The van der Waals surface area contributed by atoms with Gasteiger partial charge in [-0.2, -0.15) is 0 Å². The van der Waals surface area contributed by atoms with Crippen LogP contribution in [0.1, 0.15) is 5.56 Å². The highest BCUT2D eigenvalue weighted by Crippen LogP contribution is 2.34. The summed E-state index contributed by atoms with van der Waals surface area (Å²) in [6.45, 7) is 0.157. The molecule has 4 rings (SSSR count). The third-order valence-electron chi connectivity index (χ3n) is 4.35. The Morgan fingerprint density at radius 2 is 1.57 bits per heavy atom. The van der Waals surface area contributed by atoms with Crippen LogP contribution in [0.15, 0.2) is 71.6 Å². The zero-order valence-electron chi connectivity index (χ0n) is 15.6. The summed E-state index contributed by atoms with van der Waals surface area (Å²) in [7, 11) is -3.83. The topological polar surface area (TPSA) is 93.7 Å². The summed E-state index contributed by atoms with van der Waals surface area (Å²) < 4.78 is 50.6. The van der Waals surface area contributed by atoms with Crippen LogP contribution in [0.3, 0.4) is 0 Å². The molecule has 3 aromatic carbocycles. The fraction of sp³-hybridized carbons (Fsp3) is 0.0952. The lowest BCUT2D eigenvalue weighted by Gasteiger charge is -2.09. The summed E-state index contributed by atoms with van der Waals surface area (Å²) in [5.74, 6) is 0.461. The van der Waals surface area contributed by atoms with Gasteiger partial charge in [0.2, 0.25) is 12.7 Å². The number of hydrogen-bond acceptors (Lipinski definition) is 5. The molecule has 0 atom stereocenters. The second kappa shape index (κ2) is 8.03. The molecule has 30 heavy (non-hydrogen) atoms. The molecule has 0 saturated carbocycles. The summed E-state index contributed by atoms with van der Waals surface area (Å²) in [4.78, 5) is 12.2. The zero-order chi connectivity index (χ0) is 21.1. The Hall–Kier alpha value is -3.59. The Morgan fingerprint density at radius 3 is 2.30 bits per heavy atom. The van der Waals surface area contributed by atoms with Crippen LogP contribution in [0.5, 0.6) is 11.5 Å². The van der Waals surface area contributed by atoms with E-state index in [4.69, 9.17) is 9.47 Å². The molecule has 1 aliphatic rings. The molecule has 1 amide bonds. The van der Waals surface area contributed by atoms with Gasteiger partial charge in [-0.25, -0.2) is 12.8 Å². The number of benzene rings is 3. The van der Waals surface area contributed by atoms with Crippen molar-refractivity contribution in [2.45, 2.75) is 11.3 Å². The standard InChI is InChI=1S/C21H17FN2O5S/c22-15-3-8-18(9-4-15)30(26,27)24-16-5-1-14(2-6-16)11-21(25)23-17-7-10-19-20(12-17)29-13-28-19/h1-10,12,24H,11,13H2,(H,23,25). The highest BCUT2D eigenvalue weighted by atomic mass is 32.2. The molecule has 0 fully saturated rings. The minimum Gasteiger partial charge on any atom is -0.454 e. The van der Waals surface area contributed by atoms with E-state index in [-0.39, 0.29) is 24.0 Å². The highest BCUT2D eigenvalue weighted by molar-refractivity contribution is 7.92. The number of sulfonamides is 1. The number of halogens is 1. The summed E-state index contributed by atoms with van der Waals surface area (Å²) in [6, 6.07) is 16.1. The van der Waals surface area contributed by atoms with E-state index in [2.05, 4.69) is 10.0 Å². The molecule has 7 nitrogen and oxygen atoms in total. The van der Waals surface area contributed by atoms with Gasteiger partial charge < -0.3 is 14.8 Å². The van der Waals surface area contributed by atoms with E-state index < -0.39 is 15.8 Å². The van der Waals surface area contributed by atoms with Gasteiger partial charge in [-0.3, -0.25) is 9.52 Å². The van der Waals surface area contributed by atoms with Crippen molar-refractivity contribution in [1.82, 2.24) is 0 Å². The fourth-order valence-electron chi connectivity index (χ4n) is 2.88. The van der Waals surface area contributed by atoms with Gasteiger partial charge in [0.1, 0.15) is 5.82 Å². The van der Waals surface area contributed by atoms with Crippen molar-refractivity contribution in [1.29, 1.82) is 0 Å². The molecule has 1 aliphatic heterocycles. The van der Waals surface area contributed by atoms with Crippen LogP contribution < -0.4 is 19.5 Å². The maximum absolute atomic E-state index is 13.0. The molecule has 0 spiro atoms. The number of nitrogens with one attached hydrogen (secondary N) is 2. The van der Waals surface area contributed by atoms with E-state index in [1.165, 1.54) is 12.1 Å². The minimum absolute atomic E-state index is 0.0453. The second-order valence-electron chi connectivity index (χ2n) is 6.55. The molecule has 2 N–H and O–H groups in total. The number of carbonyl (C=O) groups is 1. The predicted octanol–water partition coefficient (Wildman–Crippen LogP) is 3.54. The first-order valence-corrected chi connectivity index (χ1v) is 10.4. The monoisotopic (exact) mass is 428 g/mol. The van der Waals surface area contributed by atoms with Gasteiger partial charge >= 0.3 is 0 Å². The average Bonchev–Trinajstić information content (AvgIpc) is 3.17. The molecule has 0 radical (unpaired) electrons. The van der Waals surface area contributed by atoms with Crippen LogP contribution in [0.2, 0.25) is 0 Å². The molecule has 1 heterocycles. The maximum atomic E-state index is 13.0. The molecule has 9 heteroatoms. The van der Waals surface area contributed by atoms with Gasteiger partial charge in [-0.1, -0.05) is 12.1 Å². The molecule has 0 unspecified atom stereocenters. The van der Waals surface area contributed by atoms with Crippen LogP contribution in [0.25, 0.3) is 0 Å². The molecular weight excluding hydrogens is 411 g/mol. The zero-order valence-corrected chi connectivity index (χ0v) is 16.4. The lowest BCUT2D eigenvalue weighted by Crippen LogP contribution is -2.15. The van der Waals surface area contributed by atoms with Crippen LogP contribution in [0, 0.1) is 5.82 Å². The lowest BCUT2D eigenvalue weighted by molar-refractivity contribution is -0.115. The number of ether oxygens (including phenoxy) is 2. The normalized spacial score (nSPS) is 12.4. The molecule has 0 bridgehead atoms. The number of anilines is 2. The number of fused-ring (bicyclic) bond motifs is 1. The molecule has 0 aliphatic carbocycles. The number of rotatable bonds is 6. The van der Waals surface area contributed by atoms with Crippen molar-refractivity contribution in [2.24, 2.45) is 0 Å². The first-order chi connectivity index (χ1) is 14.4. The summed E-state index contributed by atoms with van der Waals surface area (Å²) >= 11 is 0. The number of carbonyl (C=O) groups excluding carboxylic acids is 1. The minimum atomic E-state index is -3.83. The summed E-state index contributed by atoms with van der Waals surface area (Å²) in [5, 5.41) is 2.78. The third kappa shape index (κ3) is 4.52. The summed E-state index contributed by atoms with van der Waals surface area (Å²) in [6.07, 6.45) is 0.111. The van der Waals surface area contributed by atoms with Gasteiger partial charge in [0.25, 0.3) is 10.0 Å². The van der Waals surface area contributed by atoms with E-state index in [0.717, 1.165) is 12.1 Å². The quantitative estimate of drug-likeness (QED) is 0.627. The number of amides is 1. The van der Waals surface area contributed by atoms with Crippen molar-refractivity contribution in [2.75, 3.05) is 16.8 Å². The van der Waals surface area contributed by atoms with Crippen molar-refractivity contribution in [3.8, 4) is 11.5 Å². The van der Waals surface area contributed by atoms with Crippen molar-refractivity contribution in [3.05, 3.63) is 78.1 Å². The maximum Gasteiger partial charge on any atom is 0.261 e. The van der Waals surface area contributed by atoms with Crippen LogP contribution in [-0.2, 0) is 21.2 Å². The van der Waals surface area contributed by atoms with Crippen molar-refractivity contribution >= 4 is 27.3 Å². The van der Waals surface area contributed by atoms with Crippen molar-refractivity contribution in [3.63, 3.8) is 0 Å². The Kier molecular flexibility index (Phi) is 5.28. The molecule has 3 aromatic rings. The summed E-state index contributed by atoms with van der Waals surface area (Å²) in [5.41, 5.74) is 1.63. The van der Waals surface area contributed by atoms with E-state index in [1.807, 2.05) is 0 Å². The van der Waals surface area contributed by atoms with Gasteiger partial charge in [0.15, 0.2) is 11.5 Å². The molecular formula is C21H17FN2O5S. The van der Waals surface area contributed by atoms with Crippen molar-refractivity contribution < 1.29 is 27.1 Å². The predicted molar refractivity (Wildman–Crippen MR) is 109 cm³/mol. The molecule has 154 valence electrons. The van der Waals surface area contributed by atoms with Gasteiger partial charge in [0, 0.05) is 17.4 Å². The second-order valence-corrected chi connectivity index (χ2v) is 8.23. The van der Waals surface area contributed by atoms with Gasteiger partial charge in [-0.15, -0.1) is 0 Å². The Bertz CT molecular complexity index is 1180. The Morgan fingerprint density at radius 1 is 0.900 bits per heavy atom. The van der Waals surface area contributed by atoms with Gasteiger partial charge in [-0.05, 0) is 54.1 Å². The fourth-order valence-corrected chi connectivity index (χ4v) is 3.94. The number of hydrogen-bond donors (Lipinski definition) is 2. The van der Waals surface area contributed by atoms with E-state index in [9.17, 15) is 17.6 Å². The van der Waals surface area contributed by atoms with E-state index in [0.29, 0.717) is 28.4 Å². The molecule has 0 aromatic heterocycles. The lowest BCUT2D eigenvalue weighted by atomic mass is 10.1. The smallest absolute Gasteiger partial charge is 0.261 e. The molecule has 0 saturated heterocycles. The SMILES string of the molecule is O=C(Cc1ccc(NS(=O)(=O)c2ccc(F)cc2)cc1)Nc1ccc2c(c1)OCO2. The van der Waals surface area contributed by atoms with Crippen LogP contribution in [0.4, 0.5) is 15.8 Å². The highest BCUT2D eigenvalue weighted by Gasteiger charge is 2.15. The Labute approximate surface area is 172 Å². The largest absolute Gasteiger partial charge is 0.454 e.